The Kier molecular flexibility index (Phi) is 5.74. The molecule has 0 unspecified atom stereocenters. The first-order valence-corrected chi connectivity index (χ1v) is 8.89. The van der Waals surface area contributed by atoms with Crippen LogP contribution in [-0.2, 0) is 6.54 Å². The summed E-state index contributed by atoms with van der Waals surface area (Å²) in [6.07, 6.45) is 2.92. The molecule has 1 heterocycles. The van der Waals surface area contributed by atoms with Gasteiger partial charge in [-0.2, -0.15) is 5.10 Å². The van der Waals surface area contributed by atoms with Crippen molar-refractivity contribution in [3.63, 3.8) is 0 Å². The van der Waals surface area contributed by atoms with Gasteiger partial charge in [-0.15, -0.1) is 0 Å². The van der Waals surface area contributed by atoms with Crippen LogP contribution < -0.4 is 15.1 Å². The largest absolute Gasteiger partial charge is 0.710 e. The fourth-order valence-electron chi connectivity index (χ4n) is 2.85. The van der Waals surface area contributed by atoms with Gasteiger partial charge in [-0.25, -0.2) is 14.7 Å². The number of hydrogen-bond acceptors (Lipinski definition) is 4. The van der Waals surface area contributed by atoms with Crippen molar-refractivity contribution in [2.24, 2.45) is 5.10 Å². The first-order chi connectivity index (χ1) is 13.5. The molecule has 0 saturated carbocycles. The number of benzene rings is 2. The van der Waals surface area contributed by atoms with Crippen molar-refractivity contribution in [1.29, 1.82) is 0 Å². The Morgan fingerprint density at radius 1 is 1.18 bits per heavy atom. The second kappa shape index (κ2) is 8.39. The van der Waals surface area contributed by atoms with Gasteiger partial charge in [0.05, 0.1) is 6.21 Å². The van der Waals surface area contributed by atoms with Crippen LogP contribution in [0.5, 0.6) is 0 Å². The molecule has 0 fully saturated rings. The standard InChI is InChI=1S/C21H23N5O2/c1-16-20(26(28)15-25(16)14-18-7-5-4-6-8-18)21(27)23-22-13-17-9-11-19(12-10-17)24(2)3/h4-13,15H,14H2,1-3H3,(H,23,27)/b22-13+. The van der Waals surface area contributed by atoms with Crippen molar-refractivity contribution in [2.75, 3.05) is 19.0 Å². The van der Waals surface area contributed by atoms with Crippen LogP contribution in [0.2, 0.25) is 0 Å². The fourth-order valence-corrected chi connectivity index (χ4v) is 2.85. The van der Waals surface area contributed by atoms with Crippen molar-refractivity contribution in [1.82, 2.24) is 9.99 Å². The van der Waals surface area contributed by atoms with E-state index in [-0.39, 0.29) is 5.69 Å². The van der Waals surface area contributed by atoms with E-state index in [2.05, 4.69) is 10.5 Å². The molecule has 1 N–H and O–H groups in total. The third-order valence-corrected chi connectivity index (χ3v) is 4.44. The van der Waals surface area contributed by atoms with Crippen molar-refractivity contribution in [2.45, 2.75) is 13.5 Å². The number of anilines is 1. The lowest BCUT2D eigenvalue weighted by Crippen LogP contribution is -2.36. The number of carbonyl (C=O) groups is 1. The third-order valence-electron chi connectivity index (χ3n) is 4.44. The lowest BCUT2D eigenvalue weighted by Gasteiger charge is -2.11. The van der Waals surface area contributed by atoms with Gasteiger partial charge < -0.3 is 10.1 Å². The highest BCUT2D eigenvalue weighted by Crippen LogP contribution is 2.11. The van der Waals surface area contributed by atoms with Crippen LogP contribution in [0.1, 0.15) is 27.3 Å². The Morgan fingerprint density at radius 2 is 1.86 bits per heavy atom. The molecule has 7 nitrogen and oxygen atoms in total. The zero-order valence-corrected chi connectivity index (χ0v) is 16.2. The minimum Gasteiger partial charge on any atom is -0.710 e. The molecule has 144 valence electrons. The summed E-state index contributed by atoms with van der Waals surface area (Å²) in [7, 11) is 3.93. The van der Waals surface area contributed by atoms with Gasteiger partial charge >= 0.3 is 5.91 Å². The number of hydrogen-bond donors (Lipinski definition) is 1. The normalized spacial score (nSPS) is 11.0. The molecule has 28 heavy (non-hydrogen) atoms. The predicted molar refractivity (Wildman–Crippen MR) is 110 cm³/mol. The minimum absolute atomic E-state index is 0.0380. The van der Waals surface area contributed by atoms with Crippen molar-refractivity contribution < 1.29 is 9.52 Å². The monoisotopic (exact) mass is 377 g/mol. The quantitative estimate of drug-likeness (QED) is 0.310. The summed E-state index contributed by atoms with van der Waals surface area (Å²) < 4.78 is 2.33. The Labute approximate surface area is 164 Å². The number of aromatic nitrogens is 2. The van der Waals surface area contributed by atoms with Gasteiger partial charge in [0.1, 0.15) is 6.54 Å². The van der Waals surface area contributed by atoms with Crippen molar-refractivity contribution in [3.8, 4) is 0 Å². The van der Waals surface area contributed by atoms with E-state index in [1.54, 1.807) is 17.7 Å². The summed E-state index contributed by atoms with van der Waals surface area (Å²) in [4.78, 5) is 14.4. The molecule has 2 aromatic carbocycles. The second-order valence-corrected chi connectivity index (χ2v) is 6.67. The van der Waals surface area contributed by atoms with Gasteiger partial charge in [0.25, 0.3) is 0 Å². The van der Waals surface area contributed by atoms with Crippen LogP contribution in [0, 0.1) is 12.1 Å². The molecule has 7 heteroatoms. The highest BCUT2D eigenvalue weighted by Gasteiger charge is 2.23. The van der Waals surface area contributed by atoms with Gasteiger partial charge in [0, 0.05) is 26.7 Å². The third kappa shape index (κ3) is 4.37. The molecule has 0 saturated heterocycles. The first kappa shape index (κ1) is 19.2. The average molecular weight is 377 g/mol. The summed E-state index contributed by atoms with van der Waals surface area (Å²) in [5.41, 5.74) is 6.02. The maximum Gasteiger partial charge on any atom is 0.315 e. The molecular weight excluding hydrogens is 354 g/mol. The van der Waals surface area contributed by atoms with Gasteiger partial charge in [-0.05, 0) is 23.3 Å². The van der Waals surface area contributed by atoms with Crippen LogP contribution in [-0.4, -0.2) is 30.8 Å². The van der Waals surface area contributed by atoms with Crippen LogP contribution >= 0.6 is 0 Å². The molecular formula is C21H23N5O2. The van der Waals surface area contributed by atoms with E-state index in [0.717, 1.165) is 16.8 Å². The van der Waals surface area contributed by atoms with Gasteiger partial charge in [-0.1, -0.05) is 42.5 Å². The van der Waals surface area contributed by atoms with E-state index in [4.69, 9.17) is 0 Å². The molecule has 0 aliphatic heterocycles. The zero-order chi connectivity index (χ0) is 20.1. The molecule has 0 radical (unpaired) electrons. The maximum atomic E-state index is 12.4. The Morgan fingerprint density at radius 3 is 2.50 bits per heavy atom. The first-order valence-electron chi connectivity index (χ1n) is 8.89. The summed E-state index contributed by atoms with van der Waals surface area (Å²) in [5.74, 6) is -0.541. The number of nitrogens with one attached hydrogen (secondary N) is 1. The number of carbonyl (C=O) groups excluding carboxylic acids is 1. The lowest BCUT2D eigenvalue weighted by molar-refractivity contribution is -0.607. The topological polar surface area (TPSA) is 76.6 Å². The average Bonchev–Trinajstić information content (AvgIpc) is 2.96. The van der Waals surface area contributed by atoms with Crippen LogP contribution in [0.25, 0.3) is 0 Å². The Hall–Kier alpha value is -3.61. The summed E-state index contributed by atoms with van der Waals surface area (Å²) >= 11 is 0. The lowest BCUT2D eigenvalue weighted by atomic mass is 10.2. The molecule has 0 atom stereocenters. The molecule has 0 spiro atoms. The van der Waals surface area contributed by atoms with Crippen LogP contribution in [0.3, 0.4) is 0 Å². The number of imidazole rings is 1. The van der Waals surface area contributed by atoms with E-state index in [1.807, 2.05) is 73.6 Å². The van der Waals surface area contributed by atoms with Gasteiger partial charge in [-0.3, -0.25) is 4.79 Å². The van der Waals surface area contributed by atoms with Crippen LogP contribution in [0.4, 0.5) is 5.69 Å². The smallest absolute Gasteiger partial charge is 0.315 e. The maximum absolute atomic E-state index is 12.4. The second-order valence-electron chi connectivity index (χ2n) is 6.67. The zero-order valence-electron chi connectivity index (χ0n) is 16.2. The molecule has 0 bridgehead atoms. The van der Waals surface area contributed by atoms with E-state index >= 15 is 0 Å². The number of hydrazone groups is 1. The molecule has 0 aliphatic carbocycles. The molecule has 3 rings (SSSR count). The summed E-state index contributed by atoms with van der Waals surface area (Å²) in [6, 6.07) is 17.5. The molecule has 1 aromatic heterocycles. The molecule has 1 amide bonds. The number of rotatable bonds is 6. The van der Waals surface area contributed by atoms with Gasteiger partial charge in [0.15, 0.2) is 5.69 Å². The van der Waals surface area contributed by atoms with Gasteiger partial charge in [0.2, 0.25) is 12.0 Å². The summed E-state index contributed by atoms with van der Waals surface area (Å²) in [5, 5.41) is 16.2. The SMILES string of the molecule is Cc1c(C(=O)N/N=C/c2ccc(N(C)C)cc2)[n+]([O-])cn1Cc1ccccc1. The highest BCUT2D eigenvalue weighted by molar-refractivity contribution is 5.92. The Bertz CT molecular complexity index is 976. The Balaban J connectivity index is 1.68. The van der Waals surface area contributed by atoms with E-state index < -0.39 is 5.91 Å². The highest BCUT2D eigenvalue weighted by atomic mass is 16.5. The number of amides is 1. The number of nitrogens with zero attached hydrogens (tertiary/aromatic N) is 4. The van der Waals surface area contributed by atoms with Crippen LogP contribution in [0.15, 0.2) is 66.0 Å². The molecule has 0 aliphatic rings. The molecule has 3 aromatic rings. The van der Waals surface area contributed by atoms with Crippen molar-refractivity contribution in [3.05, 3.63) is 88.6 Å². The van der Waals surface area contributed by atoms with E-state index in [1.165, 1.54) is 6.33 Å². The van der Waals surface area contributed by atoms with E-state index in [9.17, 15) is 10.0 Å². The fraction of sp³-hybridized carbons (Fsp3) is 0.190. The van der Waals surface area contributed by atoms with Crippen molar-refractivity contribution >= 4 is 17.8 Å². The summed E-state index contributed by atoms with van der Waals surface area (Å²) in [6.45, 7) is 2.26. The minimum atomic E-state index is -0.541. The van der Waals surface area contributed by atoms with E-state index in [0.29, 0.717) is 17.0 Å². The predicted octanol–water partition coefficient (Wildman–Crippen LogP) is 2.31.